The Morgan fingerprint density at radius 3 is 2.60 bits per heavy atom. The maximum Gasteiger partial charge on any atom is 0.418 e. The van der Waals surface area contributed by atoms with Gasteiger partial charge >= 0.3 is 18.2 Å². The van der Waals surface area contributed by atoms with Gasteiger partial charge in [-0.1, -0.05) is 25.0 Å². The van der Waals surface area contributed by atoms with Gasteiger partial charge in [0, 0.05) is 6.92 Å². The Bertz CT molecular complexity index is 765. The summed E-state index contributed by atoms with van der Waals surface area (Å²) in [5.74, 6) is -2.80. The van der Waals surface area contributed by atoms with E-state index < -0.39 is 41.0 Å². The Balaban J connectivity index is 1.94. The van der Waals surface area contributed by atoms with E-state index in [2.05, 4.69) is 0 Å². The number of amides is 1. The third kappa shape index (κ3) is 1.96. The van der Waals surface area contributed by atoms with Gasteiger partial charge in [-0.15, -0.1) is 0 Å². The van der Waals surface area contributed by atoms with Crippen LogP contribution in [0.4, 0.5) is 23.7 Å². The van der Waals surface area contributed by atoms with E-state index in [1.165, 1.54) is 25.1 Å². The van der Waals surface area contributed by atoms with Crippen LogP contribution in [0.5, 0.6) is 0 Å². The van der Waals surface area contributed by atoms with Crippen molar-refractivity contribution in [1.29, 1.82) is 0 Å². The molecule has 0 N–H and O–H groups in total. The Hall–Kier alpha value is -2.25. The van der Waals surface area contributed by atoms with Gasteiger partial charge in [0.15, 0.2) is 0 Å². The molecule has 2 saturated heterocycles. The minimum Gasteiger partial charge on any atom is -0.420 e. The highest BCUT2D eigenvalue weighted by molar-refractivity contribution is 5.97. The van der Waals surface area contributed by atoms with Gasteiger partial charge in [-0.2, -0.15) is 13.2 Å². The molecule has 1 saturated carbocycles. The number of carbonyl (C=O) groups is 2. The third-order valence-corrected chi connectivity index (χ3v) is 5.56. The number of para-hydroxylation sites is 1. The molecule has 134 valence electrons. The number of benzene rings is 1. The summed E-state index contributed by atoms with van der Waals surface area (Å²) >= 11 is 0. The van der Waals surface area contributed by atoms with Crippen LogP contribution in [-0.2, 0) is 20.4 Å². The first-order valence-corrected chi connectivity index (χ1v) is 8.13. The van der Waals surface area contributed by atoms with Gasteiger partial charge in [0.05, 0.1) is 17.2 Å². The van der Waals surface area contributed by atoms with Gasteiger partial charge in [-0.3, -0.25) is 9.69 Å². The minimum atomic E-state index is -4.64. The zero-order valence-electron chi connectivity index (χ0n) is 13.4. The van der Waals surface area contributed by atoms with Gasteiger partial charge < -0.3 is 9.47 Å². The van der Waals surface area contributed by atoms with Crippen molar-refractivity contribution in [1.82, 2.24) is 0 Å². The number of carbonyl (C=O) groups excluding carboxylic acids is 2. The molecule has 3 fully saturated rings. The minimum absolute atomic E-state index is 0.297. The first kappa shape index (κ1) is 16.2. The quantitative estimate of drug-likeness (QED) is 0.718. The van der Waals surface area contributed by atoms with E-state index in [0.29, 0.717) is 19.3 Å². The second-order valence-corrected chi connectivity index (χ2v) is 6.81. The average molecular weight is 355 g/mol. The van der Waals surface area contributed by atoms with Crippen LogP contribution in [0.15, 0.2) is 24.3 Å². The number of nitrogens with zero attached hydrogens (tertiary/aromatic N) is 1. The lowest BCUT2D eigenvalue weighted by molar-refractivity contribution is -0.182. The normalized spacial score (nSPS) is 34.4. The van der Waals surface area contributed by atoms with Crippen LogP contribution in [0.2, 0.25) is 0 Å². The molecule has 1 aromatic rings. The lowest BCUT2D eigenvalue weighted by atomic mass is 9.69. The molecule has 8 heteroatoms. The first-order chi connectivity index (χ1) is 11.7. The zero-order valence-corrected chi connectivity index (χ0v) is 13.4. The number of hydrogen-bond donors (Lipinski definition) is 0. The third-order valence-electron chi connectivity index (χ3n) is 5.56. The molecular weight excluding hydrogens is 339 g/mol. The number of rotatable bonds is 1. The number of ether oxygens (including phenoxy) is 2. The molecule has 3 aliphatic rings. The van der Waals surface area contributed by atoms with Crippen molar-refractivity contribution >= 4 is 17.7 Å². The molecule has 3 atom stereocenters. The fraction of sp³-hybridized carbons (Fsp3) is 0.529. The summed E-state index contributed by atoms with van der Waals surface area (Å²) in [6.45, 7) is 1.46. The van der Waals surface area contributed by atoms with Crippen molar-refractivity contribution in [3.8, 4) is 0 Å². The first-order valence-electron chi connectivity index (χ1n) is 8.13. The summed E-state index contributed by atoms with van der Waals surface area (Å²) in [6.07, 6.45) is -3.34. The lowest BCUT2D eigenvalue weighted by Crippen LogP contribution is -2.60. The lowest BCUT2D eigenvalue weighted by Gasteiger charge is -2.43. The Morgan fingerprint density at radius 1 is 1.16 bits per heavy atom. The second-order valence-electron chi connectivity index (χ2n) is 6.81. The highest BCUT2D eigenvalue weighted by Crippen LogP contribution is 2.59. The highest BCUT2D eigenvalue weighted by Gasteiger charge is 2.76. The number of hydrogen-bond acceptors (Lipinski definition) is 4. The van der Waals surface area contributed by atoms with E-state index in [1.54, 1.807) is 0 Å². The molecule has 5 nitrogen and oxygen atoms in total. The van der Waals surface area contributed by atoms with Gasteiger partial charge in [-0.25, -0.2) is 4.79 Å². The van der Waals surface area contributed by atoms with Crippen molar-refractivity contribution < 1.29 is 32.2 Å². The average Bonchev–Trinajstić information content (AvgIpc) is 2.87. The molecule has 1 aliphatic carbocycles. The van der Waals surface area contributed by atoms with Crippen LogP contribution in [0.1, 0.15) is 38.2 Å². The molecule has 4 rings (SSSR count). The van der Waals surface area contributed by atoms with Crippen molar-refractivity contribution in [3.63, 3.8) is 0 Å². The molecule has 0 aromatic heterocycles. The van der Waals surface area contributed by atoms with Gasteiger partial charge in [-0.05, 0) is 25.0 Å². The molecular formula is C17H16F3NO4. The van der Waals surface area contributed by atoms with Crippen LogP contribution in [0, 0.1) is 5.92 Å². The molecule has 1 aromatic carbocycles. The Morgan fingerprint density at radius 2 is 1.88 bits per heavy atom. The van der Waals surface area contributed by atoms with E-state index in [9.17, 15) is 22.8 Å². The number of anilines is 1. The predicted molar refractivity (Wildman–Crippen MR) is 79.6 cm³/mol. The van der Waals surface area contributed by atoms with Crippen LogP contribution in [-0.4, -0.2) is 23.4 Å². The predicted octanol–water partition coefficient (Wildman–Crippen LogP) is 3.86. The summed E-state index contributed by atoms with van der Waals surface area (Å²) in [7, 11) is 0. The monoisotopic (exact) mass is 355 g/mol. The highest BCUT2D eigenvalue weighted by atomic mass is 19.4. The van der Waals surface area contributed by atoms with Crippen molar-refractivity contribution in [2.24, 2.45) is 5.92 Å². The van der Waals surface area contributed by atoms with Crippen LogP contribution in [0.25, 0.3) is 0 Å². The fourth-order valence-electron chi connectivity index (χ4n) is 4.54. The molecule has 2 heterocycles. The van der Waals surface area contributed by atoms with E-state index in [0.717, 1.165) is 17.4 Å². The standard InChI is InChI=1S/C17H16F3NO4/c1-15-16(9-5-4-7-11(16)13(22)24-15)21(14(23)25-15)12-8-3-2-6-10(12)17(18,19)20/h2-3,6,8,11H,4-5,7,9H2,1H3/t11-,15+,16+/m1/s1. The maximum absolute atomic E-state index is 13.5. The van der Waals surface area contributed by atoms with E-state index in [-0.39, 0.29) is 5.69 Å². The fourth-order valence-corrected chi connectivity index (χ4v) is 4.54. The van der Waals surface area contributed by atoms with Gasteiger partial charge in [0.1, 0.15) is 5.54 Å². The molecule has 2 aliphatic heterocycles. The summed E-state index contributed by atoms with van der Waals surface area (Å²) < 4.78 is 51.1. The molecule has 0 bridgehead atoms. The number of alkyl halides is 3. The molecule has 0 radical (unpaired) electrons. The summed E-state index contributed by atoms with van der Waals surface area (Å²) in [4.78, 5) is 25.9. The number of halogens is 3. The SMILES string of the molecule is C[C@@]12OC(=O)[C@H]3CCCC[C@]31N(c1ccccc1C(F)(F)F)C(=O)O2. The summed E-state index contributed by atoms with van der Waals surface area (Å²) in [5, 5.41) is 0. The zero-order chi connectivity index (χ0) is 18.0. The van der Waals surface area contributed by atoms with Crippen molar-refractivity contribution in [2.45, 2.75) is 50.1 Å². The van der Waals surface area contributed by atoms with Crippen LogP contribution >= 0.6 is 0 Å². The Labute approximate surface area is 141 Å². The number of esters is 1. The summed E-state index contributed by atoms with van der Waals surface area (Å²) in [6, 6.07) is 4.85. The van der Waals surface area contributed by atoms with E-state index in [1.807, 2.05) is 0 Å². The van der Waals surface area contributed by atoms with Gasteiger partial charge in [0.2, 0.25) is 0 Å². The molecule has 1 amide bonds. The summed E-state index contributed by atoms with van der Waals surface area (Å²) in [5.41, 5.74) is -2.48. The molecule has 1 spiro atoms. The van der Waals surface area contributed by atoms with Gasteiger partial charge in [0.25, 0.3) is 5.79 Å². The van der Waals surface area contributed by atoms with E-state index in [4.69, 9.17) is 9.47 Å². The van der Waals surface area contributed by atoms with Crippen molar-refractivity contribution in [2.75, 3.05) is 4.90 Å². The topological polar surface area (TPSA) is 55.8 Å². The van der Waals surface area contributed by atoms with E-state index >= 15 is 0 Å². The second kappa shape index (κ2) is 4.89. The van der Waals surface area contributed by atoms with Crippen LogP contribution in [0.3, 0.4) is 0 Å². The smallest absolute Gasteiger partial charge is 0.418 e. The maximum atomic E-state index is 13.5. The molecule has 25 heavy (non-hydrogen) atoms. The van der Waals surface area contributed by atoms with Crippen LogP contribution < -0.4 is 4.90 Å². The molecule has 0 unspecified atom stereocenters. The van der Waals surface area contributed by atoms with Crippen molar-refractivity contribution in [3.05, 3.63) is 29.8 Å². The largest absolute Gasteiger partial charge is 0.420 e. The Kier molecular flexibility index (Phi) is 3.18.